The summed E-state index contributed by atoms with van der Waals surface area (Å²) in [4.78, 5) is 29.9. The number of hydrogen-bond acceptors (Lipinski definition) is 4. The van der Waals surface area contributed by atoms with Gasteiger partial charge in [-0.05, 0) is 37.5 Å². The molecule has 0 aromatic heterocycles. The fourth-order valence-electron chi connectivity index (χ4n) is 3.04. The lowest BCUT2D eigenvalue weighted by Gasteiger charge is -2.24. The quantitative estimate of drug-likeness (QED) is 0.561. The molecule has 5 nitrogen and oxygen atoms in total. The topological polar surface area (TPSA) is 66.5 Å². The number of nitrogens with one attached hydrogen (secondary N) is 1. The predicted octanol–water partition coefficient (Wildman–Crippen LogP) is 4.45. The number of carbonyl (C=O) groups excluding carboxylic acids is 3. The van der Waals surface area contributed by atoms with Crippen molar-refractivity contribution in [2.75, 3.05) is 23.3 Å². The smallest absolute Gasteiger partial charge is 0.255 e. The van der Waals surface area contributed by atoms with Gasteiger partial charge in [0.05, 0.1) is 5.69 Å². The van der Waals surface area contributed by atoms with Crippen LogP contribution in [0.5, 0.6) is 0 Å². The molecule has 168 valence electrons. The van der Waals surface area contributed by atoms with Gasteiger partial charge in [-0.3, -0.25) is 4.79 Å². The van der Waals surface area contributed by atoms with E-state index in [9.17, 15) is 26.7 Å². The maximum absolute atomic E-state index is 14.2. The number of halogens is 5. The van der Waals surface area contributed by atoms with Crippen LogP contribution in [0.25, 0.3) is 0 Å². The predicted molar refractivity (Wildman–Crippen MR) is 106 cm³/mol. The van der Waals surface area contributed by atoms with Crippen LogP contribution in [0, 0.1) is 23.3 Å². The van der Waals surface area contributed by atoms with Gasteiger partial charge in [0.1, 0.15) is 25.6 Å². The molecular weight excluding hydrogens is 423 g/mol. The van der Waals surface area contributed by atoms with Crippen molar-refractivity contribution < 1.29 is 36.3 Å². The van der Waals surface area contributed by atoms with Crippen molar-refractivity contribution in [3.63, 3.8) is 0 Å². The molecule has 0 radical (unpaired) electrons. The van der Waals surface area contributed by atoms with Gasteiger partial charge in [-0.1, -0.05) is 0 Å². The average molecular weight is 444 g/mol. The molecule has 2 aromatic carbocycles. The minimum absolute atomic E-state index is 0.0242. The Morgan fingerprint density at radius 2 is 1.55 bits per heavy atom. The van der Waals surface area contributed by atoms with Crippen LogP contribution in [0.3, 0.4) is 0 Å². The third-order valence-electron chi connectivity index (χ3n) is 4.40. The fraction of sp³-hybridized carbons (Fsp3) is 0.286. The number of carbonyl (C=O) groups is 3. The van der Waals surface area contributed by atoms with Gasteiger partial charge < -0.3 is 19.8 Å². The first-order valence-corrected chi connectivity index (χ1v) is 9.07. The van der Waals surface area contributed by atoms with Crippen LogP contribution in [0.2, 0.25) is 0 Å². The van der Waals surface area contributed by atoms with Gasteiger partial charge in [0.25, 0.3) is 5.91 Å². The Balaban J connectivity index is 0.00000113. The van der Waals surface area contributed by atoms with E-state index in [4.69, 9.17) is 9.59 Å². The van der Waals surface area contributed by atoms with Crippen LogP contribution in [-0.4, -0.2) is 38.7 Å². The zero-order chi connectivity index (χ0) is 23.6. The third-order valence-corrected chi connectivity index (χ3v) is 4.40. The van der Waals surface area contributed by atoms with Gasteiger partial charge >= 0.3 is 0 Å². The summed E-state index contributed by atoms with van der Waals surface area (Å²) in [6.07, 6.45) is 0.709. The SMILES string of the molecule is C=O.C=O.O=C(Nc1cc(F)c(F)c(F)c1)c1ccc(F)c(N2CCCCC(F)C2)c1. The number of benzene rings is 2. The summed E-state index contributed by atoms with van der Waals surface area (Å²) in [6, 6.07) is 4.83. The molecule has 1 aliphatic heterocycles. The number of nitrogens with zero attached hydrogens (tertiary/aromatic N) is 1. The molecule has 1 aliphatic rings. The second kappa shape index (κ2) is 12.4. The summed E-state index contributed by atoms with van der Waals surface area (Å²) in [7, 11) is 0. The van der Waals surface area contributed by atoms with Crippen molar-refractivity contribution in [1.29, 1.82) is 0 Å². The second-order valence-corrected chi connectivity index (χ2v) is 6.41. The molecule has 0 saturated carbocycles. The van der Waals surface area contributed by atoms with Crippen molar-refractivity contribution in [2.24, 2.45) is 0 Å². The third kappa shape index (κ3) is 6.87. The molecule has 1 amide bonds. The Morgan fingerprint density at radius 3 is 2.16 bits per heavy atom. The van der Waals surface area contributed by atoms with Crippen molar-refractivity contribution in [1.82, 2.24) is 0 Å². The van der Waals surface area contributed by atoms with Crippen molar-refractivity contribution in [3.05, 3.63) is 59.2 Å². The number of rotatable bonds is 3. The lowest BCUT2D eigenvalue weighted by Crippen LogP contribution is -2.30. The van der Waals surface area contributed by atoms with E-state index in [1.165, 1.54) is 12.1 Å². The van der Waals surface area contributed by atoms with Crippen LogP contribution in [0.4, 0.5) is 33.3 Å². The van der Waals surface area contributed by atoms with Gasteiger partial charge in [-0.15, -0.1) is 0 Å². The Hall–Kier alpha value is -3.30. The highest BCUT2D eigenvalue weighted by molar-refractivity contribution is 6.04. The summed E-state index contributed by atoms with van der Waals surface area (Å²) in [5.74, 6) is -5.88. The molecule has 1 unspecified atom stereocenters. The Labute approximate surface area is 175 Å². The van der Waals surface area contributed by atoms with E-state index in [2.05, 4.69) is 5.32 Å². The van der Waals surface area contributed by atoms with E-state index >= 15 is 0 Å². The van der Waals surface area contributed by atoms with Crippen LogP contribution in [-0.2, 0) is 9.59 Å². The van der Waals surface area contributed by atoms with Gasteiger partial charge in [0.2, 0.25) is 0 Å². The van der Waals surface area contributed by atoms with Crippen LogP contribution in [0.15, 0.2) is 30.3 Å². The zero-order valence-corrected chi connectivity index (χ0v) is 16.5. The maximum atomic E-state index is 14.2. The van der Waals surface area contributed by atoms with E-state index < -0.39 is 35.3 Å². The van der Waals surface area contributed by atoms with E-state index in [-0.39, 0.29) is 23.5 Å². The van der Waals surface area contributed by atoms with Crippen molar-refractivity contribution in [3.8, 4) is 0 Å². The zero-order valence-electron chi connectivity index (χ0n) is 16.5. The first-order chi connectivity index (χ1) is 14.8. The largest absolute Gasteiger partial charge is 0.366 e. The highest BCUT2D eigenvalue weighted by atomic mass is 19.2. The van der Waals surface area contributed by atoms with Gasteiger partial charge in [0.15, 0.2) is 17.5 Å². The summed E-state index contributed by atoms with van der Waals surface area (Å²) in [5, 5.41) is 2.24. The van der Waals surface area contributed by atoms with E-state index in [1.54, 1.807) is 4.90 Å². The Kier molecular flexibility index (Phi) is 10.3. The summed E-state index contributed by atoms with van der Waals surface area (Å²) in [6.45, 7) is 4.48. The molecular formula is C21H21F5N2O3. The van der Waals surface area contributed by atoms with Crippen LogP contribution < -0.4 is 10.2 Å². The highest BCUT2D eigenvalue weighted by Gasteiger charge is 2.21. The molecule has 0 spiro atoms. The molecule has 0 bridgehead atoms. The number of alkyl halides is 1. The van der Waals surface area contributed by atoms with Gasteiger partial charge in [0, 0.05) is 36.5 Å². The second-order valence-electron chi connectivity index (χ2n) is 6.41. The molecule has 3 rings (SSSR count). The number of hydrogen-bond donors (Lipinski definition) is 1. The van der Waals surface area contributed by atoms with E-state index in [0.717, 1.165) is 6.07 Å². The first kappa shape index (κ1) is 25.7. The minimum atomic E-state index is -1.64. The molecule has 1 atom stereocenters. The number of amides is 1. The Bertz CT molecular complexity index is 872. The lowest BCUT2D eigenvalue weighted by atomic mass is 10.1. The fourth-order valence-corrected chi connectivity index (χ4v) is 3.04. The standard InChI is InChI=1S/C19H17F5N2O.2CH2O/c20-12-3-1-2-6-26(10-12)17-7-11(4-5-14(17)21)19(27)25-13-8-15(22)18(24)16(23)9-13;2*1-2/h4-5,7-9,12H,1-3,6,10H2,(H,25,27);2*1H2. The molecule has 0 aliphatic carbocycles. The van der Waals surface area contributed by atoms with Crippen molar-refractivity contribution in [2.45, 2.75) is 25.4 Å². The normalized spacial score (nSPS) is 15.5. The van der Waals surface area contributed by atoms with Gasteiger partial charge in [-0.25, -0.2) is 22.0 Å². The van der Waals surface area contributed by atoms with Gasteiger partial charge in [-0.2, -0.15) is 0 Å². The molecule has 1 heterocycles. The summed E-state index contributed by atoms with van der Waals surface area (Å²) in [5.41, 5.74) is -0.166. The lowest BCUT2D eigenvalue weighted by molar-refractivity contribution is -0.0987. The molecule has 1 N–H and O–H groups in total. The van der Waals surface area contributed by atoms with E-state index in [1.807, 2.05) is 13.6 Å². The average Bonchev–Trinajstić information content (AvgIpc) is 2.99. The maximum Gasteiger partial charge on any atom is 0.255 e. The van der Waals surface area contributed by atoms with Crippen LogP contribution >= 0.6 is 0 Å². The molecule has 2 aromatic rings. The molecule has 31 heavy (non-hydrogen) atoms. The molecule has 1 saturated heterocycles. The summed E-state index contributed by atoms with van der Waals surface area (Å²) >= 11 is 0. The summed E-state index contributed by atoms with van der Waals surface area (Å²) < 4.78 is 67.6. The number of anilines is 2. The van der Waals surface area contributed by atoms with Crippen LogP contribution in [0.1, 0.15) is 29.6 Å². The molecule has 10 heteroatoms. The molecule has 1 fully saturated rings. The van der Waals surface area contributed by atoms with E-state index in [0.29, 0.717) is 37.9 Å². The highest BCUT2D eigenvalue weighted by Crippen LogP contribution is 2.26. The monoisotopic (exact) mass is 444 g/mol. The minimum Gasteiger partial charge on any atom is -0.366 e. The van der Waals surface area contributed by atoms with Crippen molar-refractivity contribution >= 4 is 30.9 Å². The Morgan fingerprint density at radius 1 is 0.935 bits per heavy atom. The first-order valence-electron chi connectivity index (χ1n) is 9.07.